The number of nitrogen functional groups attached to an aromatic ring is 1. The lowest BCUT2D eigenvalue weighted by Gasteiger charge is -2.10. The molecule has 4 nitrogen and oxygen atoms in total. The number of anilines is 3. The molecule has 19 heavy (non-hydrogen) atoms. The van der Waals surface area contributed by atoms with Crippen molar-refractivity contribution in [2.24, 2.45) is 0 Å². The van der Waals surface area contributed by atoms with E-state index in [-0.39, 0.29) is 5.78 Å². The van der Waals surface area contributed by atoms with Gasteiger partial charge in [0.25, 0.3) is 0 Å². The van der Waals surface area contributed by atoms with Crippen LogP contribution in [0.25, 0.3) is 0 Å². The Labute approximate surface area is 111 Å². The highest BCUT2D eigenvalue weighted by Crippen LogP contribution is 2.24. The summed E-state index contributed by atoms with van der Waals surface area (Å²) in [5.41, 5.74) is 8.96. The Hall–Kier alpha value is -2.80. The van der Waals surface area contributed by atoms with Gasteiger partial charge in [0.05, 0.1) is 23.0 Å². The van der Waals surface area contributed by atoms with Crippen molar-refractivity contribution in [1.82, 2.24) is 0 Å². The zero-order valence-corrected chi connectivity index (χ0v) is 10.5. The van der Waals surface area contributed by atoms with Gasteiger partial charge in [-0.15, -0.1) is 0 Å². The SMILES string of the molecule is CC(=O)c1cccc(Nc2cc(C#N)ccc2N)c1. The molecule has 0 radical (unpaired) electrons. The second-order valence-electron chi connectivity index (χ2n) is 4.18. The number of hydrogen-bond acceptors (Lipinski definition) is 4. The molecular formula is C15H13N3O. The van der Waals surface area contributed by atoms with Crippen LogP contribution >= 0.6 is 0 Å². The summed E-state index contributed by atoms with van der Waals surface area (Å²) in [7, 11) is 0. The highest BCUT2D eigenvalue weighted by molar-refractivity contribution is 5.95. The van der Waals surface area contributed by atoms with Gasteiger partial charge >= 0.3 is 0 Å². The fraction of sp³-hybridized carbons (Fsp3) is 0.0667. The number of benzene rings is 2. The third kappa shape index (κ3) is 2.90. The van der Waals surface area contributed by atoms with Crippen LogP contribution in [0.15, 0.2) is 42.5 Å². The van der Waals surface area contributed by atoms with E-state index in [4.69, 9.17) is 11.0 Å². The zero-order chi connectivity index (χ0) is 13.8. The van der Waals surface area contributed by atoms with E-state index in [2.05, 4.69) is 11.4 Å². The Balaban J connectivity index is 2.33. The van der Waals surface area contributed by atoms with E-state index in [1.165, 1.54) is 6.92 Å². The van der Waals surface area contributed by atoms with Gasteiger partial charge in [0, 0.05) is 11.3 Å². The maximum Gasteiger partial charge on any atom is 0.159 e. The van der Waals surface area contributed by atoms with Crippen LogP contribution < -0.4 is 11.1 Å². The maximum absolute atomic E-state index is 11.3. The van der Waals surface area contributed by atoms with Crippen LogP contribution in [-0.4, -0.2) is 5.78 Å². The van der Waals surface area contributed by atoms with Crippen molar-refractivity contribution < 1.29 is 4.79 Å². The Morgan fingerprint density at radius 3 is 2.74 bits per heavy atom. The van der Waals surface area contributed by atoms with Gasteiger partial charge in [-0.2, -0.15) is 5.26 Å². The molecule has 0 aliphatic carbocycles. The summed E-state index contributed by atoms with van der Waals surface area (Å²) in [5.74, 6) is 0.00222. The molecule has 0 aliphatic rings. The molecule has 3 N–H and O–H groups in total. The van der Waals surface area contributed by atoms with Gasteiger partial charge in [0.15, 0.2) is 5.78 Å². The average Bonchev–Trinajstić information content (AvgIpc) is 2.41. The molecule has 0 saturated heterocycles. The van der Waals surface area contributed by atoms with E-state index >= 15 is 0 Å². The van der Waals surface area contributed by atoms with Crippen molar-refractivity contribution in [1.29, 1.82) is 5.26 Å². The number of nitriles is 1. The van der Waals surface area contributed by atoms with Gasteiger partial charge in [-0.25, -0.2) is 0 Å². The summed E-state index contributed by atoms with van der Waals surface area (Å²) in [6.07, 6.45) is 0. The van der Waals surface area contributed by atoms with Crippen molar-refractivity contribution in [2.75, 3.05) is 11.1 Å². The molecule has 0 amide bonds. The number of ketones is 1. The van der Waals surface area contributed by atoms with Crippen LogP contribution in [0.1, 0.15) is 22.8 Å². The minimum Gasteiger partial charge on any atom is -0.397 e. The minimum atomic E-state index is 0.00222. The molecule has 0 fully saturated rings. The van der Waals surface area contributed by atoms with Gasteiger partial charge in [-0.3, -0.25) is 4.79 Å². The first-order chi connectivity index (χ1) is 9.10. The highest BCUT2D eigenvalue weighted by atomic mass is 16.1. The van der Waals surface area contributed by atoms with Crippen molar-refractivity contribution in [3.8, 4) is 6.07 Å². The summed E-state index contributed by atoms with van der Waals surface area (Å²) in [6, 6.07) is 14.2. The summed E-state index contributed by atoms with van der Waals surface area (Å²) in [5, 5.41) is 12.0. The lowest BCUT2D eigenvalue weighted by Crippen LogP contribution is -1.98. The van der Waals surface area contributed by atoms with E-state index in [0.717, 1.165) is 5.69 Å². The predicted octanol–water partition coefficient (Wildman–Crippen LogP) is 3.09. The molecule has 4 heteroatoms. The Kier molecular flexibility index (Phi) is 3.48. The molecule has 0 aliphatic heterocycles. The van der Waals surface area contributed by atoms with E-state index in [1.54, 1.807) is 36.4 Å². The third-order valence-corrected chi connectivity index (χ3v) is 2.73. The van der Waals surface area contributed by atoms with E-state index in [0.29, 0.717) is 22.5 Å². The minimum absolute atomic E-state index is 0.00222. The average molecular weight is 251 g/mol. The van der Waals surface area contributed by atoms with E-state index < -0.39 is 0 Å². The van der Waals surface area contributed by atoms with Gasteiger partial charge in [-0.05, 0) is 37.3 Å². The maximum atomic E-state index is 11.3. The van der Waals surface area contributed by atoms with Crippen LogP contribution in [-0.2, 0) is 0 Å². The summed E-state index contributed by atoms with van der Waals surface area (Å²) in [4.78, 5) is 11.3. The van der Waals surface area contributed by atoms with Crippen LogP contribution in [0.4, 0.5) is 17.1 Å². The molecule has 2 rings (SSSR count). The Morgan fingerprint density at radius 2 is 2.05 bits per heavy atom. The molecule has 0 aromatic heterocycles. The molecule has 94 valence electrons. The van der Waals surface area contributed by atoms with Gasteiger partial charge in [0.2, 0.25) is 0 Å². The number of rotatable bonds is 3. The number of nitrogens with one attached hydrogen (secondary N) is 1. The topological polar surface area (TPSA) is 78.9 Å². The number of nitrogens with two attached hydrogens (primary N) is 1. The zero-order valence-electron chi connectivity index (χ0n) is 10.5. The first-order valence-electron chi connectivity index (χ1n) is 5.78. The lowest BCUT2D eigenvalue weighted by atomic mass is 10.1. The monoisotopic (exact) mass is 251 g/mol. The van der Waals surface area contributed by atoms with Crippen molar-refractivity contribution in [2.45, 2.75) is 6.92 Å². The smallest absolute Gasteiger partial charge is 0.159 e. The van der Waals surface area contributed by atoms with Crippen molar-refractivity contribution in [3.63, 3.8) is 0 Å². The highest BCUT2D eigenvalue weighted by Gasteiger charge is 2.04. The van der Waals surface area contributed by atoms with E-state index in [9.17, 15) is 4.79 Å². The molecule has 2 aromatic carbocycles. The van der Waals surface area contributed by atoms with Crippen molar-refractivity contribution >= 4 is 22.8 Å². The summed E-state index contributed by atoms with van der Waals surface area (Å²) >= 11 is 0. The third-order valence-electron chi connectivity index (χ3n) is 2.73. The van der Waals surface area contributed by atoms with E-state index in [1.807, 2.05) is 6.07 Å². The first-order valence-corrected chi connectivity index (χ1v) is 5.78. The number of hydrogen-bond donors (Lipinski definition) is 2. The second kappa shape index (κ2) is 5.23. The number of Topliss-reactive ketones (excluding diaryl/α,β-unsaturated/α-hetero) is 1. The Bertz CT molecular complexity index is 671. The largest absolute Gasteiger partial charge is 0.397 e. The molecule has 0 spiro atoms. The number of nitrogens with zero attached hydrogens (tertiary/aromatic N) is 1. The Morgan fingerprint density at radius 1 is 1.26 bits per heavy atom. The molecule has 0 heterocycles. The number of carbonyl (C=O) groups excluding carboxylic acids is 1. The molecule has 0 bridgehead atoms. The van der Waals surface area contributed by atoms with Crippen LogP contribution in [0.2, 0.25) is 0 Å². The normalized spacial score (nSPS) is 9.68. The molecule has 0 unspecified atom stereocenters. The summed E-state index contributed by atoms with van der Waals surface area (Å²) < 4.78 is 0. The van der Waals surface area contributed by atoms with Crippen molar-refractivity contribution in [3.05, 3.63) is 53.6 Å². The van der Waals surface area contributed by atoms with Crippen LogP contribution in [0, 0.1) is 11.3 Å². The lowest BCUT2D eigenvalue weighted by molar-refractivity contribution is 0.101. The molecule has 2 aromatic rings. The summed E-state index contributed by atoms with van der Waals surface area (Å²) in [6.45, 7) is 1.52. The van der Waals surface area contributed by atoms with Gasteiger partial charge < -0.3 is 11.1 Å². The molecule has 0 saturated carbocycles. The molecule has 0 atom stereocenters. The molecular weight excluding hydrogens is 238 g/mol. The number of carbonyl (C=O) groups is 1. The standard InChI is InChI=1S/C15H13N3O/c1-10(19)12-3-2-4-13(8-12)18-15-7-11(9-16)5-6-14(15)17/h2-8,18H,17H2,1H3. The van der Waals surface area contributed by atoms with Crippen LogP contribution in [0.3, 0.4) is 0 Å². The fourth-order valence-electron chi connectivity index (χ4n) is 1.71. The fourth-order valence-corrected chi connectivity index (χ4v) is 1.71. The quantitative estimate of drug-likeness (QED) is 0.649. The van der Waals surface area contributed by atoms with Crippen LogP contribution in [0.5, 0.6) is 0 Å². The predicted molar refractivity (Wildman–Crippen MR) is 75.3 cm³/mol. The first kappa shape index (κ1) is 12.7. The van der Waals surface area contributed by atoms with Gasteiger partial charge in [0.1, 0.15) is 0 Å². The van der Waals surface area contributed by atoms with Gasteiger partial charge in [-0.1, -0.05) is 12.1 Å². The second-order valence-corrected chi connectivity index (χ2v) is 4.18.